The summed E-state index contributed by atoms with van der Waals surface area (Å²) in [5.41, 5.74) is 0.933. The van der Waals surface area contributed by atoms with Crippen molar-refractivity contribution in [2.24, 2.45) is 0 Å². The SMILES string of the molecule is CCCC(NCC(=O)NC1CC1)c1cccc([N+](=O)[O-])c1. The Labute approximate surface area is 124 Å². The van der Waals surface area contributed by atoms with Crippen LogP contribution in [0.25, 0.3) is 0 Å². The number of carbonyl (C=O) groups excluding carboxylic acids is 1. The summed E-state index contributed by atoms with van der Waals surface area (Å²) in [4.78, 5) is 22.2. The largest absolute Gasteiger partial charge is 0.352 e. The molecule has 1 aliphatic carbocycles. The minimum absolute atomic E-state index is 0.0102. The Hall–Kier alpha value is -1.95. The molecule has 1 saturated carbocycles. The van der Waals surface area contributed by atoms with Gasteiger partial charge in [0.1, 0.15) is 0 Å². The molecule has 21 heavy (non-hydrogen) atoms. The van der Waals surface area contributed by atoms with Crippen molar-refractivity contribution in [2.75, 3.05) is 6.54 Å². The van der Waals surface area contributed by atoms with Gasteiger partial charge in [0, 0.05) is 24.2 Å². The number of nitro groups is 1. The fourth-order valence-corrected chi connectivity index (χ4v) is 2.25. The first-order valence-electron chi connectivity index (χ1n) is 7.37. The van der Waals surface area contributed by atoms with Crippen molar-refractivity contribution in [3.8, 4) is 0 Å². The van der Waals surface area contributed by atoms with Gasteiger partial charge in [-0.05, 0) is 24.8 Å². The van der Waals surface area contributed by atoms with Gasteiger partial charge >= 0.3 is 0 Å². The predicted molar refractivity (Wildman–Crippen MR) is 79.9 cm³/mol. The van der Waals surface area contributed by atoms with Crippen LogP contribution < -0.4 is 10.6 Å². The molecule has 1 aliphatic rings. The van der Waals surface area contributed by atoms with Gasteiger partial charge in [0.05, 0.1) is 11.5 Å². The third-order valence-corrected chi connectivity index (χ3v) is 3.51. The highest BCUT2D eigenvalue weighted by molar-refractivity contribution is 5.78. The van der Waals surface area contributed by atoms with E-state index in [1.807, 2.05) is 6.07 Å². The second kappa shape index (κ2) is 7.17. The van der Waals surface area contributed by atoms with E-state index >= 15 is 0 Å². The standard InChI is InChI=1S/C15H21N3O3/c1-2-4-14(16-10-15(19)17-12-7-8-12)11-5-3-6-13(9-11)18(20)21/h3,5-6,9,12,14,16H,2,4,7-8,10H2,1H3,(H,17,19). The van der Waals surface area contributed by atoms with Gasteiger partial charge in [-0.3, -0.25) is 14.9 Å². The molecule has 1 atom stereocenters. The highest BCUT2D eigenvalue weighted by Gasteiger charge is 2.23. The molecule has 0 spiro atoms. The molecule has 114 valence electrons. The van der Waals surface area contributed by atoms with Gasteiger partial charge in [-0.1, -0.05) is 25.5 Å². The second-order valence-corrected chi connectivity index (χ2v) is 5.42. The number of benzene rings is 1. The first-order valence-corrected chi connectivity index (χ1v) is 7.37. The lowest BCUT2D eigenvalue weighted by Crippen LogP contribution is -2.36. The number of carbonyl (C=O) groups is 1. The van der Waals surface area contributed by atoms with Crippen molar-refractivity contribution < 1.29 is 9.72 Å². The summed E-state index contributed by atoms with van der Waals surface area (Å²) in [5.74, 6) is -0.0102. The second-order valence-electron chi connectivity index (χ2n) is 5.42. The number of non-ortho nitro benzene ring substituents is 1. The lowest BCUT2D eigenvalue weighted by atomic mass is 10.0. The third kappa shape index (κ3) is 4.82. The first kappa shape index (κ1) is 15.4. The average Bonchev–Trinajstić information content (AvgIpc) is 3.27. The molecule has 0 aromatic heterocycles. The normalized spacial score (nSPS) is 15.5. The summed E-state index contributed by atoms with van der Waals surface area (Å²) in [7, 11) is 0. The lowest BCUT2D eigenvalue weighted by molar-refractivity contribution is -0.384. The zero-order chi connectivity index (χ0) is 15.2. The average molecular weight is 291 g/mol. The Kier molecular flexibility index (Phi) is 5.27. The van der Waals surface area contributed by atoms with Crippen LogP contribution in [0.2, 0.25) is 0 Å². The van der Waals surface area contributed by atoms with Crippen molar-refractivity contribution >= 4 is 11.6 Å². The van der Waals surface area contributed by atoms with Gasteiger partial charge in [-0.2, -0.15) is 0 Å². The van der Waals surface area contributed by atoms with E-state index in [0.29, 0.717) is 6.04 Å². The maximum Gasteiger partial charge on any atom is 0.269 e. The number of hydrogen-bond acceptors (Lipinski definition) is 4. The summed E-state index contributed by atoms with van der Waals surface area (Å²) in [6, 6.07) is 6.90. The van der Waals surface area contributed by atoms with Crippen LogP contribution in [0.15, 0.2) is 24.3 Å². The molecule has 1 aromatic rings. The molecule has 0 radical (unpaired) electrons. The number of amides is 1. The van der Waals surface area contributed by atoms with Crippen LogP contribution in [0.4, 0.5) is 5.69 Å². The van der Waals surface area contributed by atoms with Crippen LogP contribution in [0.1, 0.15) is 44.2 Å². The van der Waals surface area contributed by atoms with Crippen LogP contribution in [0, 0.1) is 10.1 Å². The summed E-state index contributed by atoms with van der Waals surface area (Å²) < 4.78 is 0. The van der Waals surface area contributed by atoms with E-state index in [9.17, 15) is 14.9 Å². The van der Waals surface area contributed by atoms with E-state index in [1.165, 1.54) is 6.07 Å². The fraction of sp³-hybridized carbons (Fsp3) is 0.533. The van der Waals surface area contributed by atoms with Gasteiger partial charge < -0.3 is 10.6 Å². The van der Waals surface area contributed by atoms with Crippen LogP contribution in [0.5, 0.6) is 0 Å². The Bertz CT molecular complexity index is 515. The smallest absolute Gasteiger partial charge is 0.269 e. The number of rotatable bonds is 8. The van der Waals surface area contributed by atoms with Crippen LogP contribution in [0.3, 0.4) is 0 Å². The Balaban J connectivity index is 1.97. The van der Waals surface area contributed by atoms with E-state index in [0.717, 1.165) is 31.2 Å². The highest BCUT2D eigenvalue weighted by atomic mass is 16.6. The minimum Gasteiger partial charge on any atom is -0.352 e. The Morgan fingerprint density at radius 1 is 1.48 bits per heavy atom. The molecule has 1 amide bonds. The molecule has 1 aromatic carbocycles. The molecule has 1 unspecified atom stereocenters. The molecule has 0 bridgehead atoms. The number of nitro benzene ring substituents is 1. The van der Waals surface area contributed by atoms with Gasteiger partial charge in [0.15, 0.2) is 0 Å². The summed E-state index contributed by atoms with van der Waals surface area (Å²) >= 11 is 0. The molecule has 2 N–H and O–H groups in total. The minimum atomic E-state index is -0.397. The summed E-state index contributed by atoms with van der Waals surface area (Å²) in [6.07, 6.45) is 3.90. The van der Waals surface area contributed by atoms with Gasteiger partial charge in [0.2, 0.25) is 5.91 Å². The molecule has 6 nitrogen and oxygen atoms in total. The lowest BCUT2D eigenvalue weighted by Gasteiger charge is -2.18. The zero-order valence-electron chi connectivity index (χ0n) is 12.2. The molecular formula is C15H21N3O3. The fourth-order valence-electron chi connectivity index (χ4n) is 2.25. The summed E-state index contributed by atoms with van der Waals surface area (Å²) in [6.45, 7) is 2.29. The van der Waals surface area contributed by atoms with Crippen LogP contribution in [-0.2, 0) is 4.79 Å². The number of nitrogens with zero attached hydrogens (tertiary/aromatic N) is 1. The Morgan fingerprint density at radius 2 is 2.24 bits per heavy atom. The summed E-state index contributed by atoms with van der Waals surface area (Å²) in [5, 5.41) is 17.0. The van der Waals surface area contributed by atoms with Gasteiger partial charge in [-0.25, -0.2) is 0 Å². The maximum absolute atomic E-state index is 11.7. The monoisotopic (exact) mass is 291 g/mol. The maximum atomic E-state index is 11.7. The molecule has 1 fully saturated rings. The van der Waals surface area contributed by atoms with E-state index in [-0.39, 0.29) is 24.2 Å². The quantitative estimate of drug-likeness (QED) is 0.568. The zero-order valence-corrected chi connectivity index (χ0v) is 12.2. The molecular weight excluding hydrogens is 270 g/mol. The molecule has 0 aliphatic heterocycles. The molecule has 0 saturated heterocycles. The van der Waals surface area contributed by atoms with E-state index < -0.39 is 4.92 Å². The van der Waals surface area contributed by atoms with E-state index in [1.54, 1.807) is 12.1 Å². The van der Waals surface area contributed by atoms with Crippen LogP contribution in [-0.4, -0.2) is 23.4 Å². The van der Waals surface area contributed by atoms with Crippen molar-refractivity contribution in [2.45, 2.75) is 44.7 Å². The van der Waals surface area contributed by atoms with Gasteiger partial charge in [-0.15, -0.1) is 0 Å². The predicted octanol–water partition coefficient (Wildman–Crippen LogP) is 2.30. The topological polar surface area (TPSA) is 84.3 Å². The number of hydrogen-bond donors (Lipinski definition) is 2. The van der Waals surface area contributed by atoms with Crippen molar-refractivity contribution in [1.29, 1.82) is 0 Å². The van der Waals surface area contributed by atoms with Gasteiger partial charge in [0.25, 0.3) is 5.69 Å². The van der Waals surface area contributed by atoms with Crippen molar-refractivity contribution in [3.63, 3.8) is 0 Å². The van der Waals surface area contributed by atoms with E-state index in [4.69, 9.17) is 0 Å². The van der Waals surface area contributed by atoms with Crippen molar-refractivity contribution in [3.05, 3.63) is 39.9 Å². The Morgan fingerprint density at radius 3 is 2.86 bits per heavy atom. The van der Waals surface area contributed by atoms with Crippen molar-refractivity contribution in [1.82, 2.24) is 10.6 Å². The number of nitrogens with one attached hydrogen (secondary N) is 2. The molecule has 6 heteroatoms. The van der Waals surface area contributed by atoms with Crippen LogP contribution >= 0.6 is 0 Å². The molecule has 0 heterocycles. The molecule has 2 rings (SSSR count). The highest BCUT2D eigenvalue weighted by Crippen LogP contribution is 2.23. The first-order chi connectivity index (χ1) is 10.1. The van der Waals surface area contributed by atoms with E-state index in [2.05, 4.69) is 17.6 Å². The third-order valence-electron chi connectivity index (χ3n) is 3.51.